The normalized spacial score (nSPS) is 15.1. The third kappa shape index (κ3) is 2.96. The largest absolute Gasteiger partial charge is 0.462 e. The van der Waals surface area contributed by atoms with Crippen LogP contribution in [-0.4, -0.2) is 24.1 Å². The fraction of sp³-hybridized carbons (Fsp3) is 0.538. The van der Waals surface area contributed by atoms with E-state index < -0.39 is 0 Å². The Morgan fingerprint density at radius 2 is 2.41 bits per heavy atom. The lowest BCUT2D eigenvalue weighted by Crippen LogP contribution is -2.22. The maximum absolute atomic E-state index is 11.7. The van der Waals surface area contributed by atoms with Crippen molar-refractivity contribution in [1.29, 1.82) is 0 Å². The van der Waals surface area contributed by atoms with Crippen LogP contribution in [0.1, 0.15) is 36.5 Å². The fourth-order valence-corrected chi connectivity index (χ4v) is 1.86. The fourth-order valence-electron chi connectivity index (χ4n) is 1.86. The monoisotopic (exact) mass is 234 g/mol. The van der Waals surface area contributed by atoms with E-state index in [1.54, 1.807) is 25.3 Å². The third-order valence-electron chi connectivity index (χ3n) is 3.09. The van der Waals surface area contributed by atoms with E-state index in [9.17, 15) is 4.79 Å². The number of carbonyl (C=O) groups is 1. The number of pyridine rings is 1. The summed E-state index contributed by atoms with van der Waals surface area (Å²) in [6, 6.07) is 3.49. The lowest BCUT2D eigenvalue weighted by Gasteiger charge is -2.25. The van der Waals surface area contributed by atoms with Gasteiger partial charge in [0.1, 0.15) is 11.4 Å². The number of hydrogen-bond acceptors (Lipinski definition) is 4. The van der Waals surface area contributed by atoms with Crippen LogP contribution < -0.4 is 5.32 Å². The highest BCUT2D eigenvalue weighted by Gasteiger charge is 2.19. The van der Waals surface area contributed by atoms with Crippen LogP contribution in [0.15, 0.2) is 18.3 Å². The highest BCUT2D eigenvalue weighted by molar-refractivity contribution is 5.94. The summed E-state index contributed by atoms with van der Waals surface area (Å²) in [5, 5.41) is 3.24. The molecule has 1 fully saturated rings. The van der Waals surface area contributed by atoms with Gasteiger partial charge in [0, 0.05) is 12.7 Å². The molecule has 0 aliphatic heterocycles. The highest BCUT2D eigenvalue weighted by atomic mass is 16.5. The molecule has 0 aromatic carbocycles. The summed E-state index contributed by atoms with van der Waals surface area (Å²) < 4.78 is 5.00. The quantitative estimate of drug-likeness (QED) is 0.795. The topological polar surface area (TPSA) is 51.2 Å². The molecule has 0 bridgehead atoms. The maximum Gasteiger partial charge on any atom is 0.341 e. The Morgan fingerprint density at radius 1 is 1.59 bits per heavy atom. The Kier molecular flexibility index (Phi) is 3.96. The molecule has 1 N–H and O–H groups in total. The third-order valence-corrected chi connectivity index (χ3v) is 3.09. The Balaban J connectivity index is 2.01. The van der Waals surface area contributed by atoms with Crippen molar-refractivity contribution in [2.24, 2.45) is 5.92 Å². The number of esters is 1. The number of rotatable bonds is 5. The van der Waals surface area contributed by atoms with E-state index in [1.165, 1.54) is 19.3 Å². The number of nitrogens with one attached hydrogen (secondary N) is 1. The van der Waals surface area contributed by atoms with E-state index in [2.05, 4.69) is 10.3 Å². The van der Waals surface area contributed by atoms with Crippen molar-refractivity contribution in [1.82, 2.24) is 4.98 Å². The van der Waals surface area contributed by atoms with Gasteiger partial charge in [0.25, 0.3) is 0 Å². The molecule has 2 rings (SSSR count). The summed E-state index contributed by atoms with van der Waals surface area (Å²) in [7, 11) is 0. The first-order chi connectivity index (χ1) is 8.31. The van der Waals surface area contributed by atoms with Gasteiger partial charge in [-0.2, -0.15) is 0 Å². The van der Waals surface area contributed by atoms with Gasteiger partial charge in [-0.3, -0.25) is 0 Å². The van der Waals surface area contributed by atoms with Crippen molar-refractivity contribution in [2.45, 2.75) is 26.2 Å². The van der Waals surface area contributed by atoms with Crippen molar-refractivity contribution in [3.8, 4) is 0 Å². The molecular weight excluding hydrogens is 216 g/mol. The number of ether oxygens (including phenoxy) is 1. The molecule has 4 heteroatoms. The molecule has 0 atom stereocenters. The summed E-state index contributed by atoms with van der Waals surface area (Å²) in [5.74, 6) is 1.06. The lowest BCUT2D eigenvalue weighted by atomic mass is 9.85. The van der Waals surface area contributed by atoms with Crippen molar-refractivity contribution in [3.63, 3.8) is 0 Å². The minimum Gasteiger partial charge on any atom is -0.462 e. The van der Waals surface area contributed by atoms with E-state index >= 15 is 0 Å². The first-order valence-corrected chi connectivity index (χ1v) is 6.17. The predicted molar refractivity (Wildman–Crippen MR) is 66.0 cm³/mol. The van der Waals surface area contributed by atoms with Gasteiger partial charge in [0.05, 0.1) is 6.61 Å². The molecule has 92 valence electrons. The van der Waals surface area contributed by atoms with E-state index in [4.69, 9.17) is 4.74 Å². The molecule has 1 aliphatic carbocycles. The molecule has 0 amide bonds. The second-order valence-electron chi connectivity index (χ2n) is 4.30. The zero-order chi connectivity index (χ0) is 12.1. The zero-order valence-electron chi connectivity index (χ0n) is 10.1. The van der Waals surface area contributed by atoms with Crippen LogP contribution in [0.25, 0.3) is 0 Å². The average Bonchev–Trinajstić information content (AvgIpc) is 2.28. The SMILES string of the molecule is CCOC(=O)c1cccnc1NCC1CCC1. The molecular formula is C13H18N2O2. The van der Waals surface area contributed by atoms with Crippen molar-refractivity contribution < 1.29 is 9.53 Å². The second kappa shape index (κ2) is 5.66. The van der Waals surface area contributed by atoms with Crippen molar-refractivity contribution in [2.75, 3.05) is 18.5 Å². The zero-order valence-corrected chi connectivity index (χ0v) is 10.1. The van der Waals surface area contributed by atoms with E-state index in [1.807, 2.05) is 0 Å². The van der Waals surface area contributed by atoms with Crippen LogP contribution in [0.4, 0.5) is 5.82 Å². The molecule has 0 saturated heterocycles. The molecule has 1 aromatic rings. The Bertz CT molecular complexity index is 389. The Labute approximate surface area is 101 Å². The van der Waals surface area contributed by atoms with Gasteiger partial charge >= 0.3 is 5.97 Å². The van der Waals surface area contributed by atoms with Crippen molar-refractivity contribution >= 4 is 11.8 Å². The van der Waals surface area contributed by atoms with Gasteiger partial charge in [-0.1, -0.05) is 6.42 Å². The second-order valence-corrected chi connectivity index (χ2v) is 4.30. The summed E-state index contributed by atoms with van der Waals surface area (Å²) in [5.41, 5.74) is 0.522. The van der Waals surface area contributed by atoms with Gasteiger partial charge in [0.2, 0.25) is 0 Å². The highest BCUT2D eigenvalue weighted by Crippen LogP contribution is 2.26. The molecule has 17 heavy (non-hydrogen) atoms. The van der Waals surface area contributed by atoms with Crippen molar-refractivity contribution in [3.05, 3.63) is 23.9 Å². The van der Waals surface area contributed by atoms with E-state index in [-0.39, 0.29) is 5.97 Å². The molecule has 4 nitrogen and oxygen atoms in total. The molecule has 1 aliphatic rings. The lowest BCUT2D eigenvalue weighted by molar-refractivity contribution is 0.0527. The van der Waals surface area contributed by atoms with Gasteiger partial charge in [-0.05, 0) is 37.8 Å². The minimum absolute atomic E-state index is 0.309. The average molecular weight is 234 g/mol. The number of aromatic nitrogens is 1. The predicted octanol–water partition coefficient (Wildman–Crippen LogP) is 2.47. The molecule has 1 saturated carbocycles. The molecule has 1 aromatic heterocycles. The minimum atomic E-state index is -0.309. The maximum atomic E-state index is 11.7. The first-order valence-electron chi connectivity index (χ1n) is 6.17. The van der Waals surface area contributed by atoms with Crippen LogP contribution in [0.5, 0.6) is 0 Å². The van der Waals surface area contributed by atoms with E-state index in [0.29, 0.717) is 18.0 Å². The summed E-state index contributed by atoms with van der Waals surface area (Å²) in [4.78, 5) is 15.9. The molecule has 1 heterocycles. The number of nitrogens with zero attached hydrogens (tertiary/aromatic N) is 1. The number of carbonyl (C=O) groups excluding carboxylic acids is 1. The Hall–Kier alpha value is -1.58. The summed E-state index contributed by atoms with van der Waals surface area (Å²) in [6.07, 6.45) is 5.55. The molecule has 0 spiro atoms. The van der Waals surface area contributed by atoms with Gasteiger partial charge in [-0.25, -0.2) is 9.78 Å². The van der Waals surface area contributed by atoms with Crippen LogP contribution in [0, 0.1) is 5.92 Å². The van der Waals surface area contributed by atoms with Crippen LogP contribution in [0.3, 0.4) is 0 Å². The standard InChI is InChI=1S/C13H18N2O2/c1-2-17-13(16)11-7-4-8-14-12(11)15-9-10-5-3-6-10/h4,7-8,10H,2-3,5-6,9H2,1H3,(H,14,15). The molecule has 0 unspecified atom stereocenters. The smallest absolute Gasteiger partial charge is 0.341 e. The summed E-state index contributed by atoms with van der Waals surface area (Å²) >= 11 is 0. The Morgan fingerprint density at radius 3 is 3.06 bits per heavy atom. The molecule has 0 radical (unpaired) electrons. The number of anilines is 1. The van der Waals surface area contributed by atoms with Gasteiger partial charge < -0.3 is 10.1 Å². The van der Waals surface area contributed by atoms with Crippen LogP contribution >= 0.6 is 0 Å². The van der Waals surface area contributed by atoms with Gasteiger partial charge in [-0.15, -0.1) is 0 Å². The van der Waals surface area contributed by atoms with Crippen LogP contribution in [-0.2, 0) is 4.74 Å². The summed E-state index contributed by atoms with van der Waals surface area (Å²) in [6.45, 7) is 3.08. The van der Waals surface area contributed by atoms with Gasteiger partial charge in [0.15, 0.2) is 0 Å². The number of hydrogen-bond donors (Lipinski definition) is 1. The first kappa shape index (κ1) is 11.9. The van der Waals surface area contributed by atoms with E-state index in [0.717, 1.165) is 12.5 Å². The van der Waals surface area contributed by atoms with Crippen LogP contribution in [0.2, 0.25) is 0 Å².